The fourth-order valence-corrected chi connectivity index (χ4v) is 1.10. The van der Waals surface area contributed by atoms with E-state index in [-0.39, 0.29) is 0 Å². The molecule has 1 N–H and O–H groups in total. The summed E-state index contributed by atoms with van der Waals surface area (Å²) in [6.45, 7) is 2.06. The van der Waals surface area contributed by atoms with E-state index in [9.17, 15) is 0 Å². The Kier molecular flexibility index (Phi) is 1.53. The van der Waals surface area contributed by atoms with Crippen molar-refractivity contribution in [2.75, 3.05) is 5.32 Å². The van der Waals surface area contributed by atoms with Gasteiger partial charge in [-0.2, -0.15) is 0 Å². The highest BCUT2D eigenvalue weighted by Crippen LogP contribution is 2.24. The van der Waals surface area contributed by atoms with Gasteiger partial charge in [0, 0.05) is 18.4 Å². The van der Waals surface area contributed by atoms with Gasteiger partial charge in [0.25, 0.3) is 0 Å². The molecule has 0 saturated heterocycles. The van der Waals surface area contributed by atoms with E-state index < -0.39 is 0 Å². The van der Waals surface area contributed by atoms with Crippen molar-refractivity contribution in [1.82, 2.24) is 4.98 Å². The molecule has 2 heteroatoms. The lowest BCUT2D eigenvalue weighted by atomic mass is 10.3. The van der Waals surface area contributed by atoms with Crippen molar-refractivity contribution < 1.29 is 0 Å². The normalized spacial score (nSPS) is 16.5. The van der Waals surface area contributed by atoms with E-state index in [1.165, 1.54) is 18.4 Å². The first kappa shape index (κ1) is 6.65. The first-order chi connectivity index (χ1) is 5.34. The smallest absolute Gasteiger partial charge is 0.0531 e. The van der Waals surface area contributed by atoms with Crippen molar-refractivity contribution >= 4 is 5.69 Å². The van der Waals surface area contributed by atoms with Crippen LogP contribution in [-0.2, 0) is 0 Å². The second kappa shape index (κ2) is 2.53. The minimum Gasteiger partial charge on any atom is -0.381 e. The Hall–Kier alpha value is -1.05. The van der Waals surface area contributed by atoms with Gasteiger partial charge in [-0.25, -0.2) is 0 Å². The quantitative estimate of drug-likeness (QED) is 0.693. The molecule has 1 aromatic rings. The zero-order chi connectivity index (χ0) is 7.68. The summed E-state index contributed by atoms with van der Waals surface area (Å²) in [5.74, 6) is 0. The number of hydrogen-bond acceptors (Lipinski definition) is 2. The fourth-order valence-electron chi connectivity index (χ4n) is 1.10. The van der Waals surface area contributed by atoms with Crippen LogP contribution >= 0.6 is 0 Å². The predicted molar refractivity (Wildman–Crippen MR) is 45.6 cm³/mol. The molecule has 0 aliphatic heterocycles. The van der Waals surface area contributed by atoms with Crippen LogP contribution in [0.1, 0.15) is 18.4 Å². The highest BCUT2D eigenvalue weighted by molar-refractivity contribution is 5.44. The summed E-state index contributed by atoms with van der Waals surface area (Å²) in [5.41, 5.74) is 2.38. The zero-order valence-corrected chi connectivity index (χ0v) is 6.67. The first-order valence-electron chi connectivity index (χ1n) is 4.03. The SMILES string of the molecule is Cc1cncc(NC2CC2)c1. The van der Waals surface area contributed by atoms with Crippen LogP contribution in [0, 0.1) is 6.92 Å². The van der Waals surface area contributed by atoms with Crippen LogP contribution < -0.4 is 5.32 Å². The number of nitrogens with one attached hydrogen (secondary N) is 1. The lowest BCUT2D eigenvalue weighted by Crippen LogP contribution is -2.00. The minimum atomic E-state index is 0.721. The molecule has 1 aliphatic rings. The number of rotatable bonds is 2. The van der Waals surface area contributed by atoms with Gasteiger partial charge in [-0.1, -0.05) is 0 Å². The molecule has 0 unspecified atom stereocenters. The molecule has 11 heavy (non-hydrogen) atoms. The van der Waals surface area contributed by atoms with Gasteiger partial charge >= 0.3 is 0 Å². The Morgan fingerprint density at radius 3 is 2.91 bits per heavy atom. The van der Waals surface area contributed by atoms with Crippen LogP contribution in [0.5, 0.6) is 0 Å². The molecule has 0 spiro atoms. The molecule has 1 saturated carbocycles. The Bertz CT molecular complexity index is 253. The van der Waals surface area contributed by atoms with E-state index in [1.807, 2.05) is 12.4 Å². The molecule has 1 fully saturated rings. The van der Waals surface area contributed by atoms with Crippen molar-refractivity contribution in [3.05, 3.63) is 24.0 Å². The highest BCUT2D eigenvalue weighted by Gasteiger charge is 2.20. The topological polar surface area (TPSA) is 24.9 Å². The molecule has 0 amide bonds. The van der Waals surface area contributed by atoms with Crippen LogP contribution in [0.4, 0.5) is 5.69 Å². The Morgan fingerprint density at radius 1 is 1.45 bits per heavy atom. The van der Waals surface area contributed by atoms with Gasteiger partial charge in [0.15, 0.2) is 0 Å². The van der Waals surface area contributed by atoms with Crippen molar-refractivity contribution in [2.24, 2.45) is 0 Å². The maximum absolute atomic E-state index is 4.10. The summed E-state index contributed by atoms with van der Waals surface area (Å²) in [6, 6.07) is 2.85. The third-order valence-corrected chi connectivity index (χ3v) is 1.82. The predicted octanol–water partition coefficient (Wildman–Crippen LogP) is 1.96. The number of pyridine rings is 1. The maximum atomic E-state index is 4.10. The zero-order valence-electron chi connectivity index (χ0n) is 6.67. The Labute approximate surface area is 66.7 Å². The van der Waals surface area contributed by atoms with Crippen LogP contribution in [0.15, 0.2) is 18.5 Å². The second-order valence-electron chi connectivity index (χ2n) is 3.17. The lowest BCUT2D eigenvalue weighted by Gasteiger charge is -2.02. The molecule has 0 bridgehead atoms. The van der Waals surface area contributed by atoms with Crippen molar-refractivity contribution in [3.8, 4) is 0 Å². The van der Waals surface area contributed by atoms with E-state index in [0.29, 0.717) is 0 Å². The summed E-state index contributed by atoms with van der Waals surface area (Å²) in [7, 11) is 0. The number of aromatic nitrogens is 1. The summed E-state index contributed by atoms with van der Waals surface area (Å²) in [5, 5.41) is 3.39. The van der Waals surface area contributed by atoms with Crippen LogP contribution in [0.25, 0.3) is 0 Å². The van der Waals surface area contributed by atoms with Gasteiger partial charge in [-0.3, -0.25) is 4.98 Å². The van der Waals surface area contributed by atoms with Gasteiger partial charge in [0.2, 0.25) is 0 Å². The van der Waals surface area contributed by atoms with E-state index in [4.69, 9.17) is 0 Å². The summed E-state index contributed by atoms with van der Waals surface area (Å²) >= 11 is 0. The Morgan fingerprint density at radius 2 is 2.27 bits per heavy atom. The first-order valence-corrected chi connectivity index (χ1v) is 4.03. The molecule has 1 aromatic heterocycles. The summed E-state index contributed by atoms with van der Waals surface area (Å²) in [6.07, 6.45) is 6.38. The molecule has 1 aliphatic carbocycles. The molecule has 2 nitrogen and oxygen atoms in total. The van der Waals surface area contributed by atoms with Gasteiger partial charge < -0.3 is 5.32 Å². The molecule has 2 rings (SSSR count). The van der Waals surface area contributed by atoms with E-state index in [2.05, 4.69) is 23.3 Å². The van der Waals surface area contributed by atoms with Gasteiger partial charge in [0.05, 0.1) is 5.69 Å². The van der Waals surface area contributed by atoms with E-state index in [0.717, 1.165) is 11.7 Å². The van der Waals surface area contributed by atoms with Gasteiger partial charge in [0.1, 0.15) is 0 Å². The van der Waals surface area contributed by atoms with Crippen LogP contribution in [0.3, 0.4) is 0 Å². The molecular weight excluding hydrogens is 136 g/mol. The maximum Gasteiger partial charge on any atom is 0.0531 e. The third-order valence-electron chi connectivity index (χ3n) is 1.82. The number of hydrogen-bond donors (Lipinski definition) is 1. The summed E-state index contributed by atoms with van der Waals surface area (Å²) in [4.78, 5) is 4.10. The fraction of sp³-hybridized carbons (Fsp3) is 0.444. The van der Waals surface area contributed by atoms with Crippen LogP contribution in [0.2, 0.25) is 0 Å². The molecule has 0 atom stereocenters. The third kappa shape index (κ3) is 1.70. The number of anilines is 1. The van der Waals surface area contributed by atoms with Crippen molar-refractivity contribution in [2.45, 2.75) is 25.8 Å². The average Bonchev–Trinajstić information content (AvgIpc) is 2.71. The monoisotopic (exact) mass is 148 g/mol. The minimum absolute atomic E-state index is 0.721. The van der Waals surface area contributed by atoms with E-state index >= 15 is 0 Å². The largest absolute Gasteiger partial charge is 0.381 e. The molecular formula is C9H12N2. The van der Waals surface area contributed by atoms with Crippen molar-refractivity contribution in [3.63, 3.8) is 0 Å². The molecule has 58 valence electrons. The number of nitrogens with zero attached hydrogens (tertiary/aromatic N) is 1. The average molecular weight is 148 g/mol. The van der Waals surface area contributed by atoms with Crippen LogP contribution in [-0.4, -0.2) is 11.0 Å². The number of aryl methyl sites for hydroxylation is 1. The standard InChI is InChI=1S/C9H12N2/c1-7-4-9(6-10-5-7)11-8-2-3-8/h4-6,8,11H,2-3H2,1H3. The molecule has 0 aromatic carbocycles. The Balaban J connectivity index is 2.10. The van der Waals surface area contributed by atoms with Gasteiger partial charge in [-0.05, 0) is 31.4 Å². The van der Waals surface area contributed by atoms with Crippen molar-refractivity contribution in [1.29, 1.82) is 0 Å². The van der Waals surface area contributed by atoms with E-state index in [1.54, 1.807) is 0 Å². The molecule has 1 heterocycles. The second-order valence-corrected chi connectivity index (χ2v) is 3.17. The molecule has 0 radical (unpaired) electrons. The van der Waals surface area contributed by atoms with Gasteiger partial charge in [-0.15, -0.1) is 0 Å². The summed E-state index contributed by atoms with van der Waals surface area (Å²) < 4.78 is 0. The lowest BCUT2D eigenvalue weighted by molar-refractivity contribution is 1.13. The highest BCUT2D eigenvalue weighted by atomic mass is 15.0.